The maximum absolute atomic E-state index is 12.4. The van der Waals surface area contributed by atoms with Gasteiger partial charge in [0.2, 0.25) is 0 Å². The average molecular weight is 373 g/mol. The van der Waals surface area contributed by atoms with Gasteiger partial charge in [-0.05, 0) is 18.6 Å². The number of nitrogens with zero attached hydrogens (tertiary/aromatic N) is 1. The number of carbonyl (C=O) groups is 1. The second-order valence-corrected chi connectivity index (χ2v) is 5.59. The first-order chi connectivity index (χ1) is 11.5. The zero-order valence-electron chi connectivity index (χ0n) is 13.6. The molecule has 1 aromatic carbocycles. The molecule has 6 nitrogen and oxygen atoms in total. The van der Waals surface area contributed by atoms with Gasteiger partial charge in [0.15, 0.2) is 5.69 Å². The molecule has 0 saturated heterocycles. The van der Waals surface area contributed by atoms with Gasteiger partial charge in [-0.25, -0.2) is 8.78 Å². The molecule has 1 aliphatic heterocycles. The summed E-state index contributed by atoms with van der Waals surface area (Å²) >= 11 is 0. The van der Waals surface area contributed by atoms with Crippen molar-refractivity contribution in [3.63, 3.8) is 0 Å². The number of halogens is 3. The van der Waals surface area contributed by atoms with E-state index in [2.05, 4.69) is 20.8 Å². The zero-order chi connectivity index (χ0) is 17.1. The van der Waals surface area contributed by atoms with Crippen LogP contribution in [0.3, 0.4) is 0 Å². The lowest BCUT2D eigenvalue weighted by molar-refractivity contribution is 0.0815. The molecular weight excluding hydrogens is 354 g/mol. The van der Waals surface area contributed by atoms with Gasteiger partial charge >= 0.3 is 0 Å². The molecule has 25 heavy (non-hydrogen) atoms. The normalized spacial score (nSPS) is 13.1. The highest BCUT2D eigenvalue weighted by atomic mass is 35.5. The molecule has 2 heterocycles. The second-order valence-electron chi connectivity index (χ2n) is 5.59. The Balaban J connectivity index is 0.00000225. The van der Waals surface area contributed by atoms with E-state index in [0.717, 1.165) is 29.8 Å². The van der Waals surface area contributed by atoms with Crippen LogP contribution in [0.1, 0.15) is 27.3 Å². The summed E-state index contributed by atoms with van der Waals surface area (Å²) < 4.78 is 29.7. The Labute approximate surface area is 149 Å². The number of alkyl halides is 2. The number of nitrogens with one attached hydrogen (secondary N) is 3. The number of aromatic amines is 1. The summed E-state index contributed by atoms with van der Waals surface area (Å²) in [6.07, 6.45) is -1.75. The molecule has 136 valence electrons. The van der Waals surface area contributed by atoms with Crippen LogP contribution in [0.5, 0.6) is 5.75 Å². The van der Waals surface area contributed by atoms with Crippen LogP contribution in [0.4, 0.5) is 14.5 Å². The molecule has 3 N–H and O–H groups in total. The van der Waals surface area contributed by atoms with Crippen molar-refractivity contribution in [3.05, 3.63) is 40.7 Å². The second kappa shape index (κ2) is 8.26. The summed E-state index contributed by atoms with van der Waals surface area (Å²) in [6, 6.07) is 4.94. The highest BCUT2D eigenvalue weighted by molar-refractivity contribution is 6.04. The number of ether oxygens (including phenoxy) is 1. The Morgan fingerprint density at radius 3 is 3.00 bits per heavy atom. The van der Waals surface area contributed by atoms with Crippen LogP contribution in [0.25, 0.3) is 0 Å². The fourth-order valence-corrected chi connectivity index (χ4v) is 2.59. The zero-order valence-corrected chi connectivity index (χ0v) is 14.4. The number of hydrogen-bond acceptors (Lipinski definition) is 4. The number of benzene rings is 1. The van der Waals surface area contributed by atoms with Gasteiger partial charge in [-0.1, -0.05) is 6.07 Å². The molecule has 0 unspecified atom stereocenters. The summed E-state index contributed by atoms with van der Waals surface area (Å²) in [4.78, 5) is 12.4. The maximum atomic E-state index is 12.4. The highest BCUT2D eigenvalue weighted by Crippen LogP contribution is 2.24. The number of H-pyrrole nitrogens is 1. The van der Waals surface area contributed by atoms with E-state index < -0.39 is 13.0 Å². The summed E-state index contributed by atoms with van der Waals surface area (Å²) in [5, 5.41) is 12.9. The lowest BCUT2D eigenvalue weighted by atomic mass is 10.1. The minimum Gasteiger partial charge on any atom is -0.487 e. The summed E-state index contributed by atoms with van der Waals surface area (Å²) in [7, 11) is 0. The fourth-order valence-electron chi connectivity index (χ4n) is 2.59. The summed E-state index contributed by atoms with van der Waals surface area (Å²) in [6.45, 7) is 2.50. The topological polar surface area (TPSA) is 79.0 Å². The van der Waals surface area contributed by atoms with Gasteiger partial charge in [-0.15, -0.1) is 12.4 Å². The van der Waals surface area contributed by atoms with Crippen molar-refractivity contribution in [1.82, 2.24) is 15.5 Å². The SMILES string of the molecule is Cc1ccc(NC(=O)c2n[nH]c3c2CNCC3)cc1OCC(F)F.Cl. The van der Waals surface area contributed by atoms with Crippen molar-refractivity contribution < 1.29 is 18.3 Å². The number of aryl methyl sites for hydroxylation is 1. The molecule has 0 fully saturated rings. The number of hydrogen-bond donors (Lipinski definition) is 3. The number of rotatable bonds is 5. The van der Waals surface area contributed by atoms with E-state index in [0.29, 0.717) is 23.7 Å². The summed E-state index contributed by atoms with van der Waals surface area (Å²) in [5.74, 6) is -0.0290. The van der Waals surface area contributed by atoms with Gasteiger partial charge in [-0.2, -0.15) is 5.10 Å². The molecule has 0 radical (unpaired) electrons. The van der Waals surface area contributed by atoms with Crippen molar-refractivity contribution in [1.29, 1.82) is 0 Å². The maximum Gasteiger partial charge on any atom is 0.276 e. The monoisotopic (exact) mass is 372 g/mol. The molecule has 0 spiro atoms. The Hall–Kier alpha value is -2.19. The predicted octanol–water partition coefficient (Wildman–Crippen LogP) is 2.68. The average Bonchev–Trinajstić information content (AvgIpc) is 2.99. The highest BCUT2D eigenvalue weighted by Gasteiger charge is 2.21. The van der Waals surface area contributed by atoms with E-state index in [1.54, 1.807) is 19.1 Å². The molecule has 0 bridgehead atoms. The Bertz CT molecular complexity index is 752. The molecular formula is C16H19ClF2N4O2. The standard InChI is InChI=1S/C16H18F2N4O2.ClH/c1-9-2-3-10(6-13(9)24-8-14(17)18)20-16(23)15-11-7-19-5-4-12(11)21-22-15;/h2-3,6,14,19H,4-5,7-8H2,1H3,(H,20,23)(H,21,22);1H. The van der Waals surface area contributed by atoms with Gasteiger partial charge in [0, 0.05) is 42.5 Å². The first kappa shape index (κ1) is 19.1. The largest absolute Gasteiger partial charge is 0.487 e. The molecule has 3 rings (SSSR count). The van der Waals surface area contributed by atoms with E-state index in [-0.39, 0.29) is 18.3 Å². The molecule has 0 atom stereocenters. The summed E-state index contributed by atoms with van der Waals surface area (Å²) in [5.41, 5.74) is 3.35. The molecule has 0 aliphatic carbocycles. The van der Waals surface area contributed by atoms with Crippen LogP contribution in [0.15, 0.2) is 18.2 Å². The third-order valence-electron chi connectivity index (χ3n) is 3.83. The number of anilines is 1. The smallest absolute Gasteiger partial charge is 0.276 e. The van der Waals surface area contributed by atoms with Crippen LogP contribution in [-0.4, -0.2) is 35.7 Å². The van der Waals surface area contributed by atoms with Crippen molar-refractivity contribution in [2.24, 2.45) is 0 Å². The van der Waals surface area contributed by atoms with Crippen LogP contribution >= 0.6 is 12.4 Å². The lowest BCUT2D eigenvalue weighted by Gasteiger charge is -2.13. The third-order valence-corrected chi connectivity index (χ3v) is 3.83. The van der Waals surface area contributed by atoms with E-state index in [9.17, 15) is 13.6 Å². The van der Waals surface area contributed by atoms with Gasteiger partial charge < -0.3 is 15.4 Å². The van der Waals surface area contributed by atoms with Crippen LogP contribution in [0, 0.1) is 6.92 Å². The number of fused-ring (bicyclic) bond motifs is 1. The van der Waals surface area contributed by atoms with Gasteiger partial charge in [0.1, 0.15) is 12.4 Å². The Kier molecular flexibility index (Phi) is 6.33. The van der Waals surface area contributed by atoms with Crippen molar-refractivity contribution in [2.45, 2.75) is 26.3 Å². The van der Waals surface area contributed by atoms with E-state index >= 15 is 0 Å². The predicted molar refractivity (Wildman–Crippen MR) is 91.9 cm³/mol. The molecule has 2 aromatic rings. The molecule has 0 saturated carbocycles. The van der Waals surface area contributed by atoms with Crippen molar-refractivity contribution in [3.8, 4) is 5.75 Å². The van der Waals surface area contributed by atoms with Gasteiger partial charge in [0.05, 0.1) is 0 Å². The molecule has 9 heteroatoms. The van der Waals surface area contributed by atoms with Crippen LogP contribution in [-0.2, 0) is 13.0 Å². The minimum atomic E-state index is -2.55. The number of carbonyl (C=O) groups excluding carboxylic acids is 1. The van der Waals surface area contributed by atoms with E-state index in [1.165, 1.54) is 6.07 Å². The van der Waals surface area contributed by atoms with E-state index in [4.69, 9.17) is 4.74 Å². The van der Waals surface area contributed by atoms with Gasteiger partial charge in [0.25, 0.3) is 12.3 Å². The first-order valence-electron chi connectivity index (χ1n) is 7.64. The Morgan fingerprint density at radius 2 is 2.24 bits per heavy atom. The molecule has 1 aromatic heterocycles. The molecule has 1 aliphatic rings. The van der Waals surface area contributed by atoms with Crippen molar-refractivity contribution in [2.75, 3.05) is 18.5 Å². The van der Waals surface area contributed by atoms with Crippen LogP contribution < -0.4 is 15.4 Å². The third kappa shape index (κ3) is 4.46. The fraction of sp³-hybridized carbons (Fsp3) is 0.375. The molecule has 1 amide bonds. The Morgan fingerprint density at radius 1 is 1.44 bits per heavy atom. The van der Waals surface area contributed by atoms with Crippen molar-refractivity contribution >= 4 is 24.0 Å². The van der Waals surface area contributed by atoms with E-state index in [1.807, 2.05) is 0 Å². The van der Waals surface area contributed by atoms with Gasteiger partial charge in [-0.3, -0.25) is 9.89 Å². The number of amides is 1. The minimum absolute atomic E-state index is 0. The lowest BCUT2D eigenvalue weighted by Crippen LogP contribution is -2.25. The van der Waals surface area contributed by atoms with Crippen LogP contribution in [0.2, 0.25) is 0 Å². The quantitative estimate of drug-likeness (QED) is 0.754. The first-order valence-corrected chi connectivity index (χ1v) is 7.64. The number of aromatic nitrogens is 2.